The molecule has 2 atom stereocenters. The number of aromatic nitrogens is 1. The Morgan fingerprint density at radius 1 is 1.25 bits per heavy atom. The molecular formula is C20H26N2O2. The minimum Gasteiger partial charge on any atom is -0.497 e. The maximum absolute atomic E-state index is 13.1. The molecule has 2 aliphatic rings. The minimum absolute atomic E-state index is 0.136. The van der Waals surface area contributed by atoms with E-state index in [0.717, 1.165) is 36.0 Å². The van der Waals surface area contributed by atoms with Crippen molar-refractivity contribution in [2.75, 3.05) is 13.7 Å². The van der Waals surface area contributed by atoms with E-state index in [0.29, 0.717) is 17.2 Å². The van der Waals surface area contributed by atoms with Gasteiger partial charge >= 0.3 is 0 Å². The summed E-state index contributed by atoms with van der Waals surface area (Å²) in [6, 6.07) is 8.18. The number of ether oxygens (including phenoxy) is 1. The number of hydrogen-bond acceptors (Lipinski definition) is 2. The largest absolute Gasteiger partial charge is 0.497 e. The van der Waals surface area contributed by atoms with Crippen molar-refractivity contribution in [3.63, 3.8) is 0 Å². The van der Waals surface area contributed by atoms with Crippen LogP contribution in [0.5, 0.6) is 5.75 Å². The number of aromatic amines is 1. The van der Waals surface area contributed by atoms with Gasteiger partial charge in [0.1, 0.15) is 11.4 Å². The molecule has 2 bridgehead atoms. The first-order valence-corrected chi connectivity index (χ1v) is 8.76. The Labute approximate surface area is 143 Å². The highest BCUT2D eigenvalue weighted by Gasteiger charge is 2.51. The topological polar surface area (TPSA) is 45.3 Å². The summed E-state index contributed by atoms with van der Waals surface area (Å²) >= 11 is 0. The number of carbonyl (C=O) groups excluding carboxylic acids is 1. The molecule has 24 heavy (non-hydrogen) atoms. The molecule has 0 spiro atoms. The Hall–Kier alpha value is -1.97. The van der Waals surface area contributed by atoms with Crippen LogP contribution in [0.1, 0.15) is 50.5 Å². The fraction of sp³-hybridized carbons (Fsp3) is 0.550. The molecule has 2 aromatic rings. The standard InChI is InChI=1S/C20H26N2O2/c1-19(2)9-14-10-20(3,11-19)12-22(14)18(23)17-8-13-7-15(24-4)5-6-16(13)21-17/h5-8,14,21H,9-12H2,1-4H3. The van der Waals surface area contributed by atoms with Gasteiger partial charge in [0, 0.05) is 23.5 Å². The van der Waals surface area contributed by atoms with Gasteiger partial charge in [-0.05, 0) is 54.4 Å². The summed E-state index contributed by atoms with van der Waals surface area (Å²) in [5.41, 5.74) is 2.25. The van der Waals surface area contributed by atoms with Gasteiger partial charge in [0.25, 0.3) is 5.91 Å². The number of methoxy groups -OCH3 is 1. The summed E-state index contributed by atoms with van der Waals surface area (Å²) in [4.78, 5) is 18.5. The maximum Gasteiger partial charge on any atom is 0.270 e. The molecule has 1 amide bonds. The van der Waals surface area contributed by atoms with Gasteiger partial charge in [-0.15, -0.1) is 0 Å². The molecule has 1 aliphatic carbocycles. The van der Waals surface area contributed by atoms with Gasteiger partial charge in [-0.25, -0.2) is 0 Å². The lowest BCUT2D eigenvalue weighted by atomic mass is 9.65. The molecule has 2 heterocycles. The zero-order valence-corrected chi connectivity index (χ0v) is 15.0. The molecule has 4 nitrogen and oxygen atoms in total. The monoisotopic (exact) mass is 326 g/mol. The van der Waals surface area contributed by atoms with Crippen LogP contribution in [0.2, 0.25) is 0 Å². The quantitative estimate of drug-likeness (QED) is 0.898. The number of hydrogen-bond donors (Lipinski definition) is 1. The lowest BCUT2D eigenvalue weighted by Gasteiger charge is -2.39. The SMILES string of the molecule is COc1ccc2[nH]c(C(=O)N3CC4(C)CC3CC(C)(C)C4)cc2c1. The summed E-state index contributed by atoms with van der Waals surface area (Å²) < 4.78 is 5.28. The van der Waals surface area contributed by atoms with Crippen LogP contribution in [0.3, 0.4) is 0 Å². The van der Waals surface area contributed by atoms with Crippen LogP contribution >= 0.6 is 0 Å². The van der Waals surface area contributed by atoms with Gasteiger partial charge in [0.15, 0.2) is 0 Å². The first-order chi connectivity index (χ1) is 11.3. The van der Waals surface area contributed by atoms with Crippen molar-refractivity contribution >= 4 is 16.8 Å². The summed E-state index contributed by atoms with van der Waals surface area (Å²) in [6.07, 6.45) is 3.43. The molecule has 1 aromatic heterocycles. The lowest BCUT2D eigenvalue weighted by Crippen LogP contribution is -2.37. The Balaban J connectivity index is 1.64. The first-order valence-electron chi connectivity index (χ1n) is 8.76. The van der Waals surface area contributed by atoms with E-state index in [1.807, 2.05) is 24.3 Å². The molecule has 4 heteroatoms. The van der Waals surface area contributed by atoms with Gasteiger partial charge in [-0.2, -0.15) is 0 Å². The molecule has 1 aromatic carbocycles. The van der Waals surface area contributed by atoms with Crippen LogP contribution in [0.25, 0.3) is 10.9 Å². The molecule has 2 fully saturated rings. The molecule has 1 aliphatic heterocycles. The number of H-pyrrole nitrogens is 1. The van der Waals surface area contributed by atoms with Crippen molar-refractivity contribution in [2.45, 2.75) is 46.1 Å². The second kappa shape index (κ2) is 5.01. The van der Waals surface area contributed by atoms with E-state index >= 15 is 0 Å². The predicted molar refractivity (Wildman–Crippen MR) is 95.4 cm³/mol. The fourth-order valence-electron chi connectivity index (χ4n) is 5.20. The number of carbonyl (C=O) groups is 1. The molecule has 1 N–H and O–H groups in total. The highest BCUT2D eigenvalue weighted by Crippen LogP contribution is 2.52. The minimum atomic E-state index is 0.136. The number of nitrogens with one attached hydrogen (secondary N) is 1. The summed E-state index contributed by atoms with van der Waals surface area (Å²) in [6.45, 7) is 7.88. The smallest absolute Gasteiger partial charge is 0.270 e. The zero-order chi connectivity index (χ0) is 17.1. The molecule has 4 rings (SSSR count). The van der Waals surface area contributed by atoms with Gasteiger partial charge in [-0.3, -0.25) is 4.79 Å². The zero-order valence-electron chi connectivity index (χ0n) is 15.0. The van der Waals surface area contributed by atoms with E-state index in [1.165, 1.54) is 6.42 Å². The molecular weight excluding hydrogens is 300 g/mol. The highest BCUT2D eigenvalue weighted by atomic mass is 16.5. The van der Waals surface area contributed by atoms with Crippen LogP contribution in [-0.4, -0.2) is 35.5 Å². The van der Waals surface area contributed by atoms with E-state index in [4.69, 9.17) is 4.74 Å². The van der Waals surface area contributed by atoms with Crippen LogP contribution in [0.4, 0.5) is 0 Å². The number of nitrogens with zero attached hydrogens (tertiary/aromatic N) is 1. The Morgan fingerprint density at radius 3 is 2.79 bits per heavy atom. The molecule has 1 saturated heterocycles. The van der Waals surface area contributed by atoms with E-state index in [1.54, 1.807) is 7.11 Å². The molecule has 0 radical (unpaired) electrons. The molecule has 128 valence electrons. The second-order valence-electron chi connectivity index (χ2n) is 8.78. The van der Waals surface area contributed by atoms with E-state index < -0.39 is 0 Å². The van der Waals surface area contributed by atoms with Gasteiger partial charge in [-0.1, -0.05) is 20.8 Å². The van der Waals surface area contributed by atoms with Crippen molar-refractivity contribution in [3.05, 3.63) is 30.0 Å². The number of benzene rings is 1. The van der Waals surface area contributed by atoms with Crippen molar-refractivity contribution in [2.24, 2.45) is 10.8 Å². The van der Waals surface area contributed by atoms with E-state index in [9.17, 15) is 4.79 Å². The summed E-state index contributed by atoms with van der Waals surface area (Å²) in [5.74, 6) is 0.948. The number of fused-ring (bicyclic) bond motifs is 3. The number of amides is 1. The van der Waals surface area contributed by atoms with Gasteiger partial charge < -0.3 is 14.6 Å². The van der Waals surface area contributed by atoms with Crippen molar-refractivity contribution in [1.82, 2.24) is 9.88 Å². The van der Waals surface area contributed by atoms with Gasteiger partial charge in [0.05, 0.1) is 7.11 Å². The van der Waals surface area contributed by atoms with E-state index in [-0.39, 0.29) is 11.3 Å². The average molecular weight is 326 g/mol. The maximum atomic E-state index is 13.1. The second-order valence-corrected chi connectivity index (χ2v) is 8.78. The first kappa shape index (κ1) is 15.6. The average Bonchev–Trinajstić information content (AvgIpc) is 3.02. The lowest BCUT2D eigenvalue weighted by molar-refractivity contribution is 0.0703. The predicted octanol–water partition coefficient (Wildman–Crippen LogP) is 4.22. The Bertz CT molecular complexity index is 807. The van der Waals surface area contributed by atoms with Crippen LogP contribution in [0, 0.1) is 10.8 Å². The van der Waals surface area contributed by atoms with Gasteiger partial charge in [0.2, 0.25) is 0 Å². The Kier molecular flexibility index (Phi) is 3.25. The molecule has 1 saturated carbocycles. The van der Waals surface area contributed by atoms with E-state index in [2.05, 4.69) is 30.7 Å². The van der Waals surface area contributed by atoms with Crippen LogP contribution in [-0.2, 0) is 0 Å². The number of rotatable bonds is 2. The third-order valence-corrected chi connectivity index (χ3v) is 5.73. The summed E-state index contributed by atoms with van der Waals surface area (Å²) in [7, 11) is 1.66. The van der Waals surface area contributed by atoms with Crippen molar-refractivity contribution < 1.29 is 9.53 Å². The Morgan fingerprint density at radius 2 is 2.04 bits per heavy atom. The number of likely N-dealkylation sites (tertiary alicyclic amines) is 1. The third kappa shape index (κ3) is 2.48. The van der Waals surface area contributed by atoms with Crippen molar-refractivity contribution in [1.29, 1.82) is 0 Å². The van der Waals surface area contributed by atoms with Crippen molar-refractivity contribution in [3.8, 4) is 5.75 Å². The fourth-order valence-corrected chi connectivity index (χ4v) is 5.20. The third-order valence-electron chi connectivity index (χ3n) is 5.73. The summed E-state index contributed by atoms with van der Waals surface area (Å²) in [5, 5.41) is 1.02. The highest BCUT2D eigenvalue weighted by molar-refractivity contribution is 5.98. The van der Waals surface area contributed by atoms with Crippen LogP contribution < -0.4 is 4.74 Å². The molecule has 2 unspecified atom stereocenters. The van der Waals surface area contributed by atoms with Crippen LogP contribution in [0.15, 0.2) is 24.3 Å². The normalized spacial score (nSPS) is 28.3.